The van der Waals surface area contributed by atoms with Crippen LogP contribution >= 0.6 is 0 Å². The van der Waals surface area contributed by atoms with Crippen molar-refractivity contribution in [1.82, 2.24) is 9.13 Å². The van der Waals surface area contributed by atoms with E-state index in [0.29, 0.717) is 34.6 Å². The Morgan fingerprint density at radius 1 is 1.00 bits per heavy atom. The predicted molar refractivity (Wildman–Crippen MR) is 120 cm³/mol. The Labute approximate surface area is 180 Å². The van der Waals surface area contributed by atoms with Gasteiger partial charge in [-0.25, -0.2) is 4.79 Å². The zero-order valence-electron chi connectivity index (χ0n) is 18.0. The lowest BCUT2D eigenvalue weighted by Crippen LogP contribution is -2.41. The van der Waals surface area contributed by atoms with Gasteiger partial charge in [-0.3, -0.25) is 18.7 Å². The lowest BCUT2D eigenvalue weighted by atomic mass is 10.2. The molecule has 0 aliphatic carbocycles. The van der Waals surface area contributed by atoms with Gasteiger partial charge < -0.3 is 14.8 Å². The van der Waals surface area contributed by atoms with E-state index in [1.54, 1.807) is 42.5 Å². The minimum Gasteiger partial charge on any atom is -0.497 e. The number of unbranched alkanes of at least 4 members (excludes halogenated alkanes) is 2. The minimum absolute atomic E-state index is 0.242. The van der Waals surface area contributed by atoms with E-state index in [2.05, 4.69) is 12.2 Å². The van der Waals surface area contributed by atoms with Crippen LogP contribution in [0.15, 0.2) is 52.1 Å². The molecule has 1 heterocycles. The van der Waals surface area contributed by atoms with Gasteiger partial charge in [0, 0.05) is 12.6 Å². The van der Waals surface area contributed by atoms with Gasteiger partial charge in [-0.15, -0.1) is 0 Å². The quantitative estimate of drug-likeness (QED) is 0.532. The molecule has 2 aromatic carbocycles. The summed E-state index contributed by atoms with van der Waals surface area (Å²) in [5, 5.41) is 3.18. The third-order valence-corrected chi connectivity index (χ3v) is 5.10. The molecule has 0 atom stereocenters. The summed E-state index contributed by atoms with van der Waals surface area (Å²) >= 11 is 0. The maximum Gasteiger partial charge on any atom is 0.331 e. The molecule has 0 unspecified atom stereocenters. The van der Waals surface area contributed by atoms with Crippen LogP contribution in [0.3, 0.4) is 0 Å². The number of hydrogen-bond donors (Lipinski definition) is 1. The number of carbonyl (C=O) groups is 1. The number of ether oxygens (including phenoxy) is 2. The van der Waals surface area contributed by atoms with Gasteiger partial charge in [0.25, 0.3) is 5.56 Å². The number of methoxy groups -OCH3 is 2. The van der Waals surface area contributed by atoms with E-state index in [1.165, 1.54) is 23.4 Å². The van der Waals surface area contributed by atoms with Crippen molar-refractivity contribution in [2.24, 2.45) is 0 Å². The average Bonchev–Trinajstić information content (AvgIpc) is 2.79. The average molecular weight is 425 g/mol. The number of benzene rings is 2. The van der Waals surface area contributed by atoms with Crippen LogP contribution in [0.2, 0.25) is 0 Å². The molecular weight excluding hydrogens is 398 g/mol. The molecule has 0 saturated carbocycles. The molecule has 0 saturated heterocycles. The second-order valence-corrected chi connectivity index (χ2v) is 7.16. The van der Waals surface area contributed by atoms with Gasteiger partial charge >= 0.3 is 5.69 Å². The van der Waals surface area contributed by atoms with Crippen LogP contribution in [0.4, 0.5) is 5.69 Å². The summed E-state index contributed by atoms with van der Waals surface area (Å²) in [4.78, 5) is 38.8. The standard InChI is InChI=1S/C23H27N3O5/c1-4-5-8-13-25-22(28)17-9-6-7-10-19(17)26(23(25)29)15-21(27)24-18-14-16(30-2)11-12-20(18)31-3/h6-7,9-12,14H,4-5,8,13,15H2,1-3H3,(H,24,27). The number of nitrogens with one attached hydrogen (secondary N) is 1. The van der Waals surface area contributed by atoms with Gasteiger partial charge in [0.15, 0.2) is 0 Å². The van der Waals surface area contributed by atoms with Crippen molar-refractivity contribution in [2.75, 3.05) is 19.5 Å². The molecule has 31 heavy (non-hydrogen) atoms. The van der Waals surface area contributed by atoms with Crippen LogP contribution in [0, 0.1) is 0 Å². The summed E-state index contributed by atoms with van der Waals surface area (Å²) in [6, 6.07) is 11.9. The van der Waals surface area contributed by atoms with Crippen LogP contribution in [0.25, 0.3) is 10.9 Å². The third kappa shape index (κ3) is 4.79. The summed E-state index contributed by atoms with van der Waals surface area (Å²) in [5.74, 6) is 0.608. The van der Waals surface area contributed by atoms with Gasteiger partial charge in [0.05, 0.1) is 30.8 Å². The van der Waals surface area contributed by atoms with E-state index in [9.17, 15) is 14.4 Å². The number of amides is 1. The molecule has 1 aromatic heterocycles. The Bertz CT molecular complexity index is 1200. The Morgan fingerprint density at radius 2 is 1.77 bits per heavy atom. The van der Waals surface area contributed by atoms with E-state index >= 15 is 0 Å². The second-order valence-electron chi connectivity index (χ2n) is 7.16. The van der Waals surface area contributed by atoms with Crippen LogP contribution < -0.4 is 26.0 Å². The second kappa shape index (κ2) is 9.97. The number of anilines is 1. The molecule has 3 rings (SSSR count). The molecular formula is C23H27N3O5. The van der Waals surface area contributed by atoms with E-state index in [1.807, 2.05) is 0 Å². The fraction of sp³-hybridized carbons (Fsp3) is 0.348. The number of aromatic nitrogens is 2. The summed E-state index contributed by atoms with van der Waals surface area (Å²) in [6.07, 6.45) is 2.60. The first-order valence-corrected chi connectivity index (χ1v) is 10.2. The summed E-state index contributed by atoms with van der Waals surface area (Å²) in [6.45, 7) is 2.13. The largest absolute Gasteiger partial charge is 0.497 e. The van der Waals surface area contributed by atoms with Crippen molar-refractivity contribution in [2.45, 2.75) is 39.3 Å². The Hall–Kier alpha value is -3.55. The minimum atomic E-state index is -0.493. The fourth-order valence-electron chi connectivity index (χ4n) is 3.49. The van der Waals surface area contributed by atoms with Crippen LogP contribution in [-0.4, -0.2) is 29.3 Å². The number of fused-ring (bicyclic) bond motifs is 1. The van der Waals surface area contributed by atoms with Gasteiger partial charge in [-0.2, -0.15) is 0 Å². The zero-order valence-corrected chi connectivity index (χ0v) is 18.0. The topological polar surface area (TPSA) is 91.6 Å². The zero-order chi connectivity index (χ0) is 22.4. The lowest BCUT2D eigenvalue weighted by Gasteiger charge is -2.15. The highest BCUT2D eigenvalue weighted by molar-refractivity contribution is 5.93. The van der Waals surface area contributed by atoms with E-state index in [0.717, 1.165) is 19.3 Å². The molecule has 0 aliphatic rings. The molecule has 1 N–H and O–H groups in total. The van der Waals surface area contributed by atoms with Gasteiger partial charge in [0.2, 0.25) is 5.91 Å². The lowest BCUT2D eigenvalue weighted by molar-refractivity contribution is -0.116. The Morgan fingerprint density at radius 3 is 2.48 bits per heavy atom. The monoisotopic (exact) mass is 425 g/mol. The molecule has 3 aromatic rings. The Balaban J connectivity index is 1.98. The van der Waals surface area contributed by atoms with Crippen molar-refractivity contribution in [3.63, 3.8) is 0 Å². The van der Waals surface area contributed by atoms with Gasteiger partial charge in [-0.1, -0.05) is 31.9 Å². The van der Waals surface area contributed by atoms with Crippen molar-refractivity contribution in [1.29, 1.82) is 0 Å². The number of hydrogen-bond acceptors (Lipinski definition) is 5. The molecule has 0 fully saturated rings. The third-order valence-electron chi connectivity index (χ3n) is 5.10. The Kier molecular flexibility index (Phi) is 7.12. The highest BCUT2D eigenvalue weighted by Crippen LogP contribution is 2.28. The molecule has 0 radical (unpaired) electrons. The number of nitrogens with zero attached hydrogens (tertiary/aromatic N) is 2. The van der Waals surface area contributed by atoms with Crippen LogP contribution in [0.5, 0.6) is 11.5 Å². The number of para-hydroxylation sites is 1. The highest BCUT2D eigenvalue weighted by atomic mass is 16.5. The predicted octanol–water partition coefficient (Wildman–Crippen LogP) is 3.01. The molecule has 8 heteroatoms. The number of rotatable bonds is 9. The fourth-order valence-corrected chi connectivity index (χ4v) is 3.49. The van der Waals surface area contributed by atoms with E-state index in [4.69, 9.17) is 9.47 Å². The van der Waals surface area contributed by atoms with Gasteiger partial charge in [-0.05, 0) is 30.7 Å². The molecule has 164 valence electrons. The maximum absolute atomic E-state index is 13.1. The first kappa shape index (κ1) is 22.1. The highest BCUT2D eigenvalue weighted by Gasteiger charge is 2.16. The maximum atomic E-state index is 13.1. The molecule has 0 aliphatic heterocycles. The summed E-state index contributed by atoms with van der Waals surface area (Å²) < 4.78 is 13.1. The normalized spacial score (nSPS) is 10.8. The first-order valence-electron chi connectivity index (χ1n) is 10.2. The van der Waals surface area contributed by atoms with Crippen molar-refractivity contribution in [3.05, 3.63) is 63.3 Å². The number of carbonyl (C=O) groups excluding carboxylic acids is 1. The van der Waals surface area contributed by atoms with E-state index < -0.39 is 11.6 Å². The van der Waals surface area contributed by atoms with Crippen molar-refractivity contribution >= 4 is 22.5 Å². The van der Waals surface area contributed by atoms with Crippen LogP contribution in [-0.2, 0) is 17.9 Å². The first-order chi connectivity index (χ1) is 15.0. The molecule has 8 nitrogen and oxygen atoms in total. The molecule has 0 bridgehead atoms. The molecule has 1 amide bonds. The van der Waals surface area contributed by atoms with Crippen LogP contribution in [0.1, 0.15) is 26.2 Å². The van der Waals surface area contributed by atoms with Crippen molar-refractivity contribution in [3.8, 4) is 11.5 Å². The SMILES string of the molecule is CCCCCn1c(=O)c2ccccc2n(CC(=O)Nc2cc(OC)ccc2OC)c1=O. The van der Waals surface area contributed by atoms with Gasteiger partial charge in [0.1, 0.15) is 18.0 Å². The molecule has 0 spiro atoms. The summed E-state index contributed by atoms with van der Waals surface area (Å²) in [5.41, 5.74) is 0.0351. The smallest absolute Gasteiger partial charge is 0.331 e. The summed E-state index contributed by atoms with van der Waals surface area (Å²) in [7, 11) is 3.03. The van der Waals surface area contributed by atoms with Crippen molar-refractivity contribution < 1.29 is 14.3 Å². The van der Waals surface area contributed by atoms with E-state index in [-0.39, 0.29) is 12.1 Å².